The lowest BCUT2D eigenvalue weighted by atomic mass is 9.84. The SMILES string of the molecule is CCCCCCCC/C=C\CCCCCCC(C(=O)O)C(CCCCCCCCCC(O)CCCCCC)C(=O)O. The van der Waals surface area contributed by atoms with Crippen molar-refractivity contribution in [2.75, 3.05) is 0 Å². The molecule has 0 aromatic rings. The van der Waals surface area contributed by atoms with Gasteiger partial charge in [0.15, 0.2) is 0 Å². The van der Waals surface area contributed by atoms with E-state index in [0.29, 0.717) is 12.8 Å². The molecule has 0 aliphatic carbocycles. The second-order valence-electron chi connectivity index (χ2n) is 12.5. The number of carbonyl (C=O) groups is 2. The molecular weight excluding hydrogens is 512 g/mol. The Kier molecular flexibility index (Phi) is 29.1. The van der Waals surface area contributed by atoms with Gasteiger partial charge in [-0.15, -0.1) is 0 Å². The molecule has 3 N–H and O–H groups in total. The Morgan fingerprint density at radius 3 is 1.12 bits per heavy atom. The summed E-state index contributed by atoms with van der Waals surface area (Å²) in [6.45, 7) is 4.45. The monoisotopic (exact) mass is 581 g/mol. The fourth-order valence-electron chi connectivity index (χ4n) is 5.83. The van der Waals surface area contributed by atoms with E-state index in [-0.39, 0.29) is 6.10 Å². The zero-order chi connectivity index (χ0) is 30.4. The van der Waals surface area contributed by atoms with Gasteiger partial charge in [0.05, 0.1) is 17.9 Å². The molecule has 0 aliphatic heterocycles. The van der Waals surface area contributed by atoms with Crippen molar-refractivity contribution < 1.29 is 24.9 Å². The van der Waals surface area contributed by atoms with Crippen LogP contribution >= 0.6 is 0 Å². The molecule has 0 rings (SSSR count). The molecule has 5 heteroatoms. The van der Waals surface area contributed by atoms with Crippen LogP contribution in [0.3, 0.4) is 0 Å². The third-order valence-corrected chi connectivity index (χ3v) is 8.59. The first-order valence-electron chi connectivity index (χ1n) is 17.7. The fraction of sp³-hybridized carbons (Fsp3) is 0.889. The van der Waals surface area contributed by atoms with Crippen molar-refractivity contribution in [1.29, 1.82) is 0 Å². The number of hydrogen-bond acceptors (Lipinski definition) is 3. The smallest absolute Gasteiger partial charge is 0.307 e. The molecule has 0 aliphatic rings. The van der Waals surface area contributed by atoms with E-state index in [1.807, 2.05) is 0 Å². The van der Waals surface area contributed by atoms with Crippen LogP contribution in [0, 0.1) is 11.8 Å². The second-order valence-corrected chi connectivity index (χ2v) is 12.5. The molecule has 0 bridgehead atoms. The van der Waals surface area contributed by atoms with Crippen molar-refractivity contribution in [3.05, 3.63) is 12.2 Å². The molecule has 3 atom stereocenters. The number of carboxylic acids is 2. The summed E-state index contributed by atoms with van der Waals surface area (Å²) in [5.41, 5.74) is 0. The molecule has 41 heavy (non-hydrogen) atoms. The van der Waals surface area contributed by atoms with E-state index < -0.39 is 23.8 Å². The van der Waals surface area contributed by atoms with Gasteiger partial charge in [0.25, 0.3) is 0 Å². The third kappa shape index (κ3) is 26.0. The molecule has 0 aromatic heterocycles. The van der Waals surface area contributed by atoms with E-state index >= 15 is 0 Å². The summed E-state index contributed by atoms with van der Waals surface area (Å²) in [5.74, 6) is -3.47. The zero-order valence-corrected chi connectivity index (χ0v) is 27.1. The van der Waals surface area contributed by atoms with Crippen LogP contribution in [0.2, 0.25) is 0 Å². The lowest BCUT2D eigenvalue weighted by Gasteiger charge is -2.20. The fourth-order valence-corrected chi connectivity index (χ4v) is 5.83. The van der Waals surface area contributed by atoms with Crippen molar-refractivity contribution in [2.24, 2.45) is 11.8 Å². The summed E-state index contributed by atoms with van der Waals surface area (Å²) in [5, 5.41) is 29.6. The number of allylic oxidation sites excluding steroid dienone is 2. The molecule has 242 valence electrons. The first-order chi connectivity index (χ1) is 19.9. The quantitative estimate of drug-likeness (QED) is 0.0543. The van der Waals surface area contributed by atoms with Gasteiger partial charge in [0, 0.05) is 0 Å². The average molecular weight is 581 g/mol. The van der Waals surface area contributed by atoms with Crippen LogP contribution < -0.4 is 0 Å². The highest BCUT2D eigenvalue weighted by Gasteiger charge is 2.32. The van der Waals surface area contributed by atoms with Crippen molar-refractivity contribution in [3.8, 4) is 0 Å². The minimum atomic E-state index is -0.957. The lowest BCUT2D eigenvalue weighted by molar-refractivity contribution is -0.154. The van der Waals surface area contributed by atoms with Gasteiger partial charge in [-0.05, 0) is 51.4 Å². The van der Waals surface area contributed by atoms with Crippen molar-refractivity contribution >= 4 is 11.9 Å². The van der Waals surface area contributed by atoms with E-state index in [9.17, 15) is 24.9 Å². The molecular formula is C36H68O5. The van der Waals surface area contributed by atoms with Crippen LogP contribution in [-0.2, 0) is 9.59 Å². The highest BCUT2D eigenvalue weighted by Crippen LogP contribution is 2.26. The topological polar surface area (TPSA) is 94.8 Å². The Labute approximate surface area is 254 Å². The number of aliphatic hydroxyl groups is 1. The van der Waals surface area contributed by atoms with Gasteiger partial charge in [0.2, 0.25) is 0 Å². The molecule has 3 unspecified atom stereocenters. The summed E-state index contributed by atoms with van der Waals surface area (Å²) in [4.78, 5) is 23.8. The minimum Gasteiger partial charge on any atom is -0.481 e. The maximum atomic E-state index is 11.9. The molecule has 5 nitrogen and oxygen atoms in total. The van der Waals surface area contributed by atoms with E-state index in [4.69, 9.17) is 0 Å². The molecule has 0 radical (unpaired) electrons. The predicted octanol–water partition coefficient (Wildman–Crippen LogP) is 10.9. The number of aliphatic carboxylic acids is 2. The molecule has 0 aromatic carbocycles. The minimum absolute atomic E-state index is 0.149. The van der Waals surface area contributed by atoms with E-state index in [1.54, 1.807) is 0 Å². The van der Waals surface area contributed by atoms with E-state index in [1.165, 1.54) is 64.2 Å². The molecule has 0 fully saturated rings. The summed E-state index contributed by atoms with van der Waals surface area (Å²) < 4.78 is 0. The van der Waals surface area contributed by atoms with Crippen molar-refractivity contribution in [3.63, 3.8) is 0 Å². The van der Waals surface area contributed by atoms with Crippen LogP contribution in [-0.4, -0.2) is 33.4 Å². The van der Waals surface area contributed by atoms with Gasteiger partial charge in [-0.3, -0.25) is 9.59 Å². The van der Waals surface area contributed by atoms with Crippen LogP contribution in [0.1, 0.15) is 187 Å². The Morgan fingerprint density at radius 1 is 0.463 bits per heavy atom. The molecule has 0 saturated carbocycles. The third-order valence-electron chi connectivity index (χ3n) is 8.59. The number of carboxylic acid groups (broad SMARTS) is 2. The normalized spacial score (nSPS) is 13.9. The molecule has 0 spiro atoms. The van der Waals surface area contributed by atoms with Gasteiger partial charge in [0.1, 0.15) is 0 Å². The first kappa shape index (κ1) is 39.6. The number of aliphatic hydroxyl groups excluding tert-OH is 1. The van der Waals surface area contributed by atoms with E-state index in [0.717, 1.165) is 96.3 Å². The maximum absolute atomic E-state index is 11.9. The van der Waals surface area contributed by atoms with Crippen LogP contribution in [0.25, 0.3) is 0 Å². The van der Waals surface area contributed by atoms with Gasteiger partial charge in [-0.2, -0.15) is 0 Å². The molecule has 0 heterocycles. The van der Waals surface area contributed by atoms with Gasteiger partial charge >= 0.3 is 11.9 Å². The molecule has 0 amide bonds. The van der Waals surface area contributed by atoms with Gasteiger partial charge in [-0.1, -0.05) is 148 Å². The summed E-state index contributed by atoms with van der Waals surface area (Å²) in [6.07, 6.45) is 33.5. The number of hydrogen-bond donors (Lipinski definition) is 3. The zero-order valence-electron chi connectivity index (χ0n) is 27.1. The Bertz CT molecular complexity index is 617. The van der Waals surface area contributed by atoms with Crippen molar-refractivity contribution in [1.82, 2.24) is 0 Å². The van der Waals surface area contributed by atoms with Gasteiger partial charge in [-0.25, -0.2) is 0 Å². The maximum Gasteiger partial charge on any atom is 0.307 e. The van der Waals surface area contributed by atoms with Crippen molar-refractivity contribution in [2.45, 2.75) is 193 Å². The average Bonchev–Trinajstić information content (AvgIpc) is 2.94. The Morgan fingerprint density at radius 2 is 0.756 bits per heavy atom. The first-order valence-corrected chi connectivity index (χ1v) is 17.7. The summed E-state index contributed by atoms with van der Waals surface area (Å²) in [6, 6.07) is 0. The van der Waals surface area contributed by atoms with Crippen LogP contribution in [0.15, 0.2) is 12.2 Å². The summed E-state index contributed by atoms with van der Waals surface area (Å²) >= 11 is 0. The summed E-state index contributed by atoms with van der Waals surface area (Å²) in [7, 11) is 0. The van der Waals surface area contributed by atoms with Crippen LogP contribution in [0.5, 0.6) is 0 Å². The predicted molar refractivity (Wildman–Crippen MR) is 173 cm³/mol. The standard InChI is InChI=1S/C36H68O5/c1-3-5-7-9-10-11-12-13-14-15-16-19-22-26-30-33(35(38)39)34(36(40)41)31-27-23-20-17-18-21-25-29-32(37)28-24-8-6-4-2/h13-14,32-34,37H,3-12,15-31H2,1-2H3,(H,38,39)(H,40,41)/b14-13-. The van der Waals surface area contributed by atoms with Gasteiger partial charge < -0.3 is 15.3 Å². The van der Waals surface area contributed by atoms with E-state index in [2.05, 4.69) is 26.0 Å². The second kappa shape index (κ2) is 30.1. The Balaban J connectivity index is 3.93. The van der Waals surface area contributed by atoms with Crippen LogP contribution in [0.4, 0.5) is 0 Å². The number of unbranched alkanes of at least 4 members (excludes halogenated alkanes) is 19. The number of rotatable bonds is 32. The largest absolute Gasteiger partial charge is 0.481 e. The Hall–Kier alpha value is -1.36. The lowest BCUT2D eigenvalue weighted by Crippen LogP contribution is -2.30. The molecule has 0 saturated heterocycles. The highest BCUT2D eigenvalue weighted by molar-refractivity contribution is 5.79. The highest BCUT2D eigenvalue weighted by atomic mass is 16.4.